The molecule has 3 aromatic rings. The van der Waals surface area contributed by atoms with Crippen molar-refractivity contribution in [3.63, 3.8) is 0 Å². The first-order valence-corrected chi connectivity index (χ1v) is 6.15. The van der Waals surface area contributed by atoms with Crippen LogP contribution in [0.2, 0.25) is 10.2 Å². The summed E-state index contributed by atoms with van der Waals surface area (Å²) in [6.07, 6.45) is 3.33. The summed E-state index contributed by atoms with van der Waals surface area (Å²) in [6.45, 7) is 0. The van der Waals surface area contributed by atoms with E-state index in [1.54, 1.807) is 36.0 Å². The summed E-state index contributed by atoms with van der Waals surface area (Å²) in [5.41, 5.74) is 1.28. The van der Waals surface area contributed by atoms with E-state index in [4.69, 9.17) is 27.9 Å². The van der Waals surface area contributed by atoms with E-state index in [0.717, 1.165) is 5.56 Å². The molecule has 7 heteroatoms. The van der Waals surface area contributed by atoms with Crippen molar-refractivity contribution in [1.29, 1.82) is 0 Å². The highest BCUT2D eigenvalue weighted by Gasteiger charge is 2.15. The van der Waals surface area contributed by atoms with Gasteiger partial charge in [0.25, 0.3) is 0 Å². The van der Waals surface area contributed by atoms with Crippen molar-refractivity contribution >= 4 is 28.8 Å². The topological polar surface area (TPSA) is 52.3 Å². The Balaban J connectivity index is 2.28. The van der Waals surface area contributed by atoms with Crippen LogP contribution in [0.25, 0.3) is 17.0 Å². The predicted octanol–water partition coefficient (Wildman–Crippen LogP) is 3.11. The van der Waals surface area contributed by atoms with Gasteiger partial charge in [-0.15, -0.1) is 10.2 Å². The number of hydrogen-bond acceptors (Lipinski definition) is 4. The Morgan fingerprint density at radius 2 is 2.05 bits per heavy atom. The Bertz CT molecular complexity index is 757. The van der Waals surface area contributed by atoms with Gasteiger partial charge >= 0.3 is 0 Å². The highest BCUT2D eigenvalue weighted by molar-refractivity contribution is 6.32. The summed E-state index contributed by atoms with van der Waals surface area (Å²) >= 11 is 11.9. The molecule has 0 spiro atoms. The zero-order valence-electron chi connectivity index (χ0n) is 9.84. The number of fused-ring (bicyclic) bond motifs is 1. The van der Waals surface area contributed by atoms with E-state index in [-0.39, 0.29) is 0 Å². The molecule has 0 fully saturated rings. The van der Waals surface area contributed by atoms with E-state index in [9.17, 15) is 0 Å². The summed E-state index contributed by atoms with van der Waals surface area (Å²) in [4.78, 5) is 3.96. The smallest absolute Gasteiger partial charge is 0.198 e. The van der Waals surface area contributed by atoms with Gasteiger partial charge in [0.05, 0.1) is 12.7 Å². The summed E-state index contributed by atoms with van der Waals surface area (Å²) < 4.78 is 7.07. The third kappa shape index (κ3) is 2.01. The Morgan fingerprint density at radius 1 is 1.21 bits per heavy atom. The number of aromatic nitrogens is 4. The molecular formula is C12H8Cl2N4O. The van der Waals surface area contributed by atoms with Crippen LogP contribution in [0.3, 0.4) is 0 Å². The van der Waals surface area contributed by atoms with Gasteiger partial charge in [-0.25, -0.2) is 4.98 Å². The first kappa shape index (κ1) is 12.2. The lowest BCUT2D eigenvalue weighted by Crippen LogP contribution is -1.94. The van der Waals surface area contributed by atoms with Crippen LogP contribution in [0, 0.1) is 0 Å². The van der Waals surface area contributed by atoms with Crippen molar-refractivity contribution in [3.8, 4) is 17.1 Å². The molecule has 1 aromatic carbocycles. The fourth-order valence-corrected chi connectivity index (χ4v) is 2.18. The molecule has 0 bridgehead atoms. The summed E-state index contributed by atoms with van der Waals surface area (Å²) in [7, 11) is 1.58. The minimum absolute atomic E-state index is 0.300. The Labute approximate surface area is 118 Å². The number of rotatable bonds is 2. The van der Waals surface area contributed by atoms with Crippen molar-refractivity contribution in [2.24, 2.45) is 0 Å². The van der Waals surface area contributed by atoms with Gasteiger partial charge in [0, 0.05) is 17.4 Å². The molecule has 2 aromatic heterocycles. The van der Waals surface area contributed by atoms with Gasteiger partial charge in [-0.05, 0) is 18.2 Å². The van der Waals surface area contributed by atoms with Gasteiger partial charge in [0.2, 0.25) is 0 Å². The molecule has 0 saturated heterocycles. The largest absolute Gasteiger partial charge is 0.496 e. The third-order valence-corrected chi connectivity index (χ3v) is 3.19. The number of nitrogens with zero attached hydrogens (tertiary/aromatic N) is 4. The second-order valence-electron chi connectivity index (χ2n) is 3.78. The van der Waals surface area contributed by atoms with Gasteiger partial charge in [-0.2, -0.15) is 0 Å². The molecule has 96 valence electrons. The lowest BCUT2D eigenvalue weighted by molar-refractivity contribution is 0.416. The maximum Gasteiger partial charge on any atom is 0.198 e. The van der Waals surface area contributed by atoms with Crippen LogP contribution < -0.4 is 4.74 Å². The van der Waals surface area contributed by atoms with E-state index in [0.29, 0.717) is 27.4 Å². The van der Waals surface area contributed by atoms with Gasteiger partial charge in [-0.3, -0.25) is 4.40 Å². The molecule has 0 amide bonds. The van der Waals surface area contributed by atoms with E-state index < -0.39 is 0 Å². The SMILES string of the molecule is COc1cc(Cl)ccc1-c1nnc2c(Cl)nccn12. The molecule has 0 N–H and O–H groups in total. The van der Waals surface area contributed by atoms with Crippen LogP contribution >= 0.6 is 23.2 Å². The van der Waals surface area contributed by atoms with Crippen molar-refractivity contribution in [1.82, 2.24) is 19.6 Å². The van der Waals surface area contributed by atoms with E-state index in [1.807, 2.05) is 6.07 Å². The lowest BCUT2D eigenvalue weighted by Gasteiger charge is -2.07. The van der Waals surface area contributed by atoms with Crippen LogP contribution in [0.4, 0.5) is 0 Å². The minimum Gasteiger partial charge on any atom is -0.496 e. The molecule has 0 unspecified atom stereocenters. The molecule has 0 aliphatic heterocycles. The summed E-state index contributed by atoms with van der Waals surface area (Å²) in [5.74, 6) is 1.24. The first-order chi connectivity index (χ1) is 9.20. The normalized spacial score (nSPS) is 10.9. The number of ether oxygens (including phenoxy) is 1. The number of hydrogen-bond donors (Lipinski definition) is 0. The summed E-state index contributed by atoms with van der Waals surface area (Å²) in [5, 5.41) is 9.04. The van der Waals surface area contributed by atoms with Gasteiger partial charge in [0.15, 0.2) is 16.6 Å². The zero-order valence-corrected chi connectivity index (χ0v) is 11.4. The molecule has 0 atom stereocenters. The van der Waals surface area contributed by atoms with Crippen LogP contribution in [-0.2, 0) is 0 Å². The van der Waals surface area contributed by atoms with Crippen molar-refractivity contribution in [2.75, 3.05) is 7.11 Å². The fraction of sp³-hybridized carbons (Fsp3) is 0.0833. The Hall–Kier alpha value is -1.85. The van der Waals surface area contributed by atoms with Crippen LogP contribution in [0.15, 0.2) is 30.6 Å². The molecule has 0 aliphatic rings. The molecular weight excluding hydrogens is 287 g/mol. The van der Waals surface area contributed by atoms with Gasteiger partial charge in [-0.1, -0.05) is 23.2 Å². The molecule has 19 heavy (non-hydrogen) atoms. The van der Waals surface area contributed by atoms with E-state index in [1.165, 1.54) is 0 Å². The number of halogens is 2. The molecule has 2 heterocycles. The second-order valence-corrected chi connectivity index (χ2v) is 4.57. The van der Waals surface area contributed by atoms with Gasteiger partial charge in [0.1, 0.15) is 5.75 Å². The predicted molar refractivity (Wildman–Crippen MR) is 72.8 cm³/mol. The average molecular weight is 295 g/mol. The monoisotopic (exact) mass is 294 g/mol. The molecule has 0 aliphatic carbocycles. The van der Waals surface area contributed by atoms with E-state index in [2.05, 4.69) is 15.2 Å². The molecule has 5 nitrogen and oxygen atoms in total. The van der Waals surface area contributed by atoms with Crippen LogP contribution in [0.1, 0.15) is 0 Å². The third-order valence-electron chi connectivity index (χ3n) is 2.69. The Morgan fingerprint density at radius 3 is 2.84 bits per heavy atom. The number of methoxy groups -OCH3 is 1. The maximum atomic E-state index is 5.97. The van der Waals surface area contributed by atoms with E-state index >= 15 is 0 Å². The quantitative estimate of drug-likeness (QED) is 0.729. The van der Waals surface area contributed by atoms with Crippen molar-refractivity contribution in [3.05, 3.63) is 40.8 Å². The zero-order chi connectivity index (χ0) is 13.4. The lowest BCUT2D eigenvalue weighted by atomic mass is 10.2. The minimum atomic E-state index is 0.300. The van der Waals surface area contributed by atoms with Crippen LogP contribution in [0.5, 0.6) is 5.75 Å². The highest BCUT2D eigenvalue weighted by Crippen LogP contribution is 2.31. The average Bonchev–Trinajstić information content (AvgIpc) is 2.84. The van der Waals surface area contributed by atoms with Crippen molar-refractivity contribution in [2.45, 2.75) is 0 Å². The Kier molecular flexibility index (Phi) is 3.00. The molecule has 3 rings (SSSR count). The first-order valence-electron chi connectivity index (χ1n) is 5.40. The standard InChI is InChI=1S/C12H8Cl2N4O/c1-19-9-6-7(13)2-3-8(9)11-16-17-12-10(14)15-4-5-18(11)12/h2-6H,1H3. The highest BCUT2D eigenvalue weighted by atomic mass is 35.5. The fourth-order valence-electron chi connectivity index (χ4n) is 1.83. The number of benzene rings is 1. The second kappa shape index (κ2) is 4.68. The van der Waals surface area contributed by atoms with Gasteiger partial charge < -0.3 is 4.74 Å². The maximum absolute atomic E-state index is 5.97. The summed E-state index contributed by atoms with van der Waals surface area (Å²) in [6, 6.07) is 5.32. The van der Waals surface area contributed by atoms with Crippen LogP contribution in [-0.4, -0.2) is 26.7 Å². The molecule has 0 radical (unpaired) electrons. The molecule has 0 saturated carbocycles. The van der Waals surface area contributed by atoms with Crippen molar-refractivity contribution < 1.29 is 4.74 Å².